The zero-order chi connectivity index (χ0) is 12.6. The van der Waals surface area contributed by atoms with Crippen molar-refractivity contribution in [3.63, 3.8) is 0 Å². The van der Waals surface area contributed by atoms with Crippen LogP contribution >= 0.6 is 11.8 Å². The molecule has 3 nitrogen and oxygen atoms in total. The molecule has 0 saturated carbocycles. The molecule has 2 bridgehead atoms. The van der Waals surface area contributed by atoms with Gasteiger partial charge in [-0.25, -0.2) is 8.42 Å². The highest BCUT2D eigenvalue weighted by Crippen LogP contribution is 2.39. The maximum absolute atomic E-state index is 12.2. The molecule has 0 spiro atoms. The summed E-state index contributed by atoms with van der Waals surface area (Å²) in [6.07, 6.45) is 2.69. The summed E-state index contributed by atoms with van der Waals surface area (Å²) < 4.78 is 26.1. The van der Waals surface area contributed by atoms with E-state index in [-0.39, 0.29) is 6.04 Å². The third-order valence-corrected chi connectivity index (χ3v) is 6.38. The molecular weight excluding hydrogens is 266 g/mol. The van der Waals surface area contributed by atoms with E-state index in [1.165, 1.54) is 5.41 Å². The van der Waals surface area contributed by atoms with Gasteiger partial charge < -0.3 is 0 Å². The number of hydrogen-bond acceptors (Lipinski definition) is 3. The number of thioether (sulfide) groups is 1. The molecule has 0 unspecified atom stereocenters. The summed E-state index contributed by atoms with van der Waals surface area (Å²) in [5.74, 6) is 0.947. The summed E-state index contributed by atoms with van der Waals surface area (Å²) in [5, 5.41) is 1.85. The van der Waals surface area contributed by atoms with Crippen LogP contribution in [0.15, 0.2) is 35.7 Å². The van der Waals surface area contributed by atoms with Crippen LogP contribution in [0.4, 0.5) is 0 Å². The minimum Gasteiger partial charge on any atom is -0.207 e. The standard InChI is InChI=1S/C13H15NO2S2/c15-18(16,7-6-11-4-2-1-3-5-11)14-9-13-8-12(14)10-17-13/h1-7,12-13H,8-10H2/b7-6+/t12-,13+/m0/s1. The summed E-state index contributed by atoms with van der Waals surface area (Å²) >= 11 is 1.90. The van der Waals surface area contributed by atoms with Crippen molar-refractivity contribution in [1.29, 1.82) is 0 Å². The molecule has 2 atom stereocenters. The van der Waals surface area contributed by atoms with Gasteiger partial charge in [-0.3, -0.25) is 0 Å². The Morgan fingerprint density at radius 1 is 1.28 bits per heavy atom. The maximum atomic E-state index is 12.2. The molecule has 2 fully saturated rings. The molecule has 18 heavy (non-hydrogen) atoms. The minimum absolute atomic E-state index is 0.213. The summed E-state index contributed by atoms with van der Waals surface area (Å²) in [6.45, 7) is 0.677. The molecule has 0 radical (unpaired) electrons. The van der Waals surface area contributed by atoms with Gasteiger partial charge in [0.05, 0.1) is 0 Å². The van der Waals surface area contributed by atoms with Gasteiger partial charge in [0.2, 0.25) is 10.0 Å². The first kappa shape index (κ1) is 12.3. The molecule has 5 heteroatoms. The Morgan fingerprint density at radius 2 is 2.06 bits per heavy atom. The minimum atomic E-state index is -3.25. The van der Waals surface area contributed by atoms with Crippen LogP contribution in [0.25, 0.3) is 6.08 Å². The molecule has 1 aromatic rings. The van der Waals surface area contributed by atoms with Gasteiger partial charge in [-0.15, -0.1) is 0 Å². The number of hydrogen-bond donors (Lipinski definition) is 0. The topological polar surface area (TPSA) is 37.4 Å². The van der Waals surface area contributed by atoms with E-state index in [2.05, 4.69) is 0 Å². The van der Waals surface area contributed by atoms with Gasteiger partial charge in [0.25, 0.3) is 0 Å². The van der Waals surface area contributed by atoms with Gasteiger partial charge >= 0.3 is 0 Å². The second-order valence-corrected chi connectivity index (χ2v) is 7.78. The van der Waals surface area contributed by atoms with E-state index in [0.717, 1.165) is 17.7 Å². The smallest absolute Gasteiger partial charge is 0.207 e. The van der Waals surface area contributed by atoms with Crippen LogP contribution in [-0.2, 0) is 10.0 Å². The van der Waals surface area contributed by atoms with E-state index in [4.69, 9.17) is 0 Å². The number of benzene rings is 1. The van der Waals surface area contributed by atoms with Gasteiger partial charge in [-0.1, -0.05) is 30.3 Å². The Labute approximate surface area is 112 Å². The van der Waals surface area contributed by atoms with Crippen molar-refractivity contribution in [2.24, 2.45) is 0 Å². The average Bonchev–Trinajstić information content (AvgIpc) is 3.00. The van der Waals surface area contributed by atoms with Gasteiger partial charge in [0.15, 0.2) is 0 Å². The van der Waals surface area contributed by atoms with Gasteiger partial charge in [-0.05, 0) is 18.1 Å². The fourth-order valence-electron chi connectivity index (χ4n) is 2.48. The van der Waals surface area contributed by atoms with Crippen molar-refractivity contribution in [3.05, 3.63) is 41.3 Å². The van der Waals surface area contributed by atoms with E-state index >= 15 is 0 Å². The highest BCUT2D eigenvalue weighted by Gasteiger charge is 2.43. The lowest BCUT2D eigenvalue weighted by Crippen LogP contribution is -2.37. The number of fused-ring (bicyclic) bond motifs is 2. The summed E-state index contributed by atoms with van der Waals surface area (Å²) in [4.78, 5) is 0. The molecule has 1 aromatic carbocycles. The van der Waals surface area contributed by atoms with Gasteiger partial charge in [-0.2, -0.15) is 16.1 Å². The van der Waals surface area contributed by atoms with Crippen molar-refractivity contribution in [2.45, 2.75) is 17.7 Å². The zero-order valence-corrected chi connectivity index (χ0v) is 11.5. The first-order valence-electron chi connectivity index (χ1n) is 6.02. The Kier molecular flexibility index (Phi) is 3.21. The zero-order valence-electron chi connectivity index (χ0n) is 9.90. The SMILES string of the molecule is O=S(=O)(/C=C/c1ccccc1)N1C[C@H]2C[C@H]1CS2. The van der Waals surface area contributed by atoms with Crippen molar-refractivity contribution in [3.8, 4) is 0 Å². The Morgan fingerprint density at radius 3 is 2.67 bits per heavy atom. The lowest BCUT2D eigenvalue weighted by molar-refractivity contribution is 0.416. The first-order valence-corrected chi connectivity index (χ1v) is 8.57. The second kappa shape index (κ2) is 4.72. The normalized spacial score (nSPS) is 28.2. The van der Waals surface area contributed by atoms with E-state index in [1.54, 1.807) is 10.4 Å². The summed E-state index contributed by atoms with van der Waals surface area (Å²) in [6, 6.07) is 9.74. The summed E-state index contributed by atoms with van der Waals surface area (Å²) in [7, 11) is -3.25. The first-order chi connectivity index (χ1) is 8.65. The molecule has 0 amide bonds. The van der Waals surface area contributed by atoms with Crippen LogP contribution in [-0.4, -0.2) is 36.3 Å². The average molecular weight is 281 g/mol. The highest BCUT2D eigenvalue weighted by molar-refractivity contribution is 8.00. The molecule has 0 aromatic heterocycles. The molecule has 2 aliphatic heterocycles. The number of sulfonamides is 1. The predicted molar refractivity (Wildman–Crippen MR) is 75.8 cm³/mol. The molecule has 2 saturated heterocycles. The second-order valence-electron chi connectivity index (χ2n) is 4.67. The number of nitrogens with zero attached hydrogens (tertiary/aromatic N) is 1. The lowest BCUT2D eigenvalue weighted by Gasteiger charge is -2.24. The van der Waals surface area contributed by atoms with Crippen molar-refractivity contribution in [2.75, 3.05) is 12.3 Å². The van der Waals surface area contributed by atoms with Crippen LogP contribution in [0.2, 0.25) is 0 Å². The van der Waals surface area contributed by atoms with Crippen LogP contribution in [0.1, 0.15) is 12.0 Å². The quantitative estimate of drug-likeness (QED) is 0.852. The fourth-order valence-corrected chi connectivity index (χ4v) is 5.56. The van der Waals surface area contributed by atoms with Crippen LogP contribution in [0.3, 0.4) is 0 Å². The van der Waals surface area contributed by atoms with Crippen molar-refractivity contribution < 1.29 is 8.42 Å². The summed E-state index contributed by atoms with van der Waals surface area (Å²) in [5.41, 5.74) is 0.916. The molecule has 0 aliphatic carbocycles. The molecule has 2 aliphatic rings. The Hall–Kier alpha value is -0.780. The molecule has 96 valence electrons. The largest absolute Gasteiger partial charge is 0.236 e. The molecular formula is C13H15NO2S2. The number of rotatable bonds is 3. The van der Waals surface area contributed by atoms with Crippen molar-refractivity contribution >= 4 is 27.9 Å². The van der Waals surface area contributed by atoms with E-state index in [1.807, 2.05) is 42.1 Å². The van der Waals surface area contributed by atoms with Crippen molar-refractivity contribution in [1.82, 2.24) is 4.31 Å². The lowest BCUT2D eigenvalue weighted by atomic mass is 10.2. The van der Waals surface area contributed by atoms with Crippen LogP contribution in [0.5, 0.6) is 0 Å². The Bertz CT molecular complexity index is 554. The fraction of sp³-hybridized carbons (Fsp3) is 0.385. The highest BCUT2D eigenvalue weighted by atomic mass is 32.2. The van der Waals surface area contributed by atoms with Gasteiger partial charge in [0, 0.05) is 29.0 Å². The van der Waals surface area contributed by atoms with E-state index < -0.39 is 10.0 Å². The predicted octanol–water partition coefficient (Wildman–Crippen LogP) is 2.18. The monoisotopic (exact) mass is 281 g/mol. The molecule has 3 rings (SSSR count). The molecule has 0 N–H and O–H groups in total. The van der Waals surface area contributed by atoms with E-state index in [0.29, 0.717) is 11.8 Å². The molecule has 2 heterocycles. The Balaban J connectivity index is 1.78. The maximum Gasteiger partial charge on any atom is 0.236 e. The van der Waals surface area contributed by atoms with E-state index in [9.17, 15) is 8.42 Å². The third kappa shape index (κ3) is 2.35. The third-order valence-electron chi connectivity index (χ3n) is 3.41. The van der Waals surface area contributed by atoms with Crippen LogP contribution in [0, 0.1) is 0 Å². The van der Waals surface area contributed by atoms with Crippen LogP contribution < -0.4 is 0 Å². The van der Waals surface area contributed by atoms with Gasteiger partial charge in [0.1, 0.15) is 0 Å².